The first-order valence-corrected chi connectivity index (χ1v) is 8.30. The molecule has 0 aliphatic carbocycles. The Labute approximate surface area is 147 Å². The Bertz CT molecular complexity index is 910. The molecule has 0 atom stereocenters. The van der Waals surface area contributed by atoms with Crippen molar-refractivity contribution in [3.8, 4) is 5.88 Å². The second kappa shape index (κ2) is 7.66. The molecule has 3 aromatic rings. The molecule has 0 radical (unpaired) electrons. The first kappa shape index (κ1) is 16.8. The molecule has 0 amide bonds. The van der Waals surface area contributed by atoms with Crippen LogP contribution in [0.4, 0.5) is 0 Å². The van der Waals surface area contributed by atoms with Crippen LogP contribution >= 0.6 is 0 Å². The van der Waals surface area contributed by atoms with Gasteiger partial charge in [-0.3, -0.25) is 0 Å². The van der Waals surface area contributed by atoms with Crippen LogP contribution in [0.3, 0.4) is 0 Å². The van der Waals surface area contributed by atoms with Gasteiger partial charge in [0.15, 0.2) is 5.65 Å². The van der Waals surface area contributed by atoms with Gasteiger partial charge >= 0.3 is 0 Å². The SMILES string of the molecule is CC/C(=C\C=C(/NC)c1ccccc1)c1nc2nc(OC)ccc2[nH]1. The van der Waals surface area contributed by atoms with Crippen molar-refractivity contribution in [3.05, 3.63) is 66.0 Å². The van der Waals surface area contributed by atoms with E-state index in [1.807, 2.05) is 37.4 Å². The van der Waals surface area contributed by atoms with E-state index in [-0.39, 0.29) is 0 Å². The topological polar surface area (TPSA) is 62.8 Å². The van der Waals surface area contributed by atoms with Gasteiger partial charge in [0, 0.05) is 18.8 Å². The molecule has 0 bridgehead atoms. The molecule has 2 heterocycles. The Morgan fingerprint density at radius 1 is 1.12 bits per heavy atom. The monoisotopic (exact) mass is 334 g/mol. The lowest BCUT2D eigenvalue weighted by Crippen LogP contribution is -2.04. The summed E-state index contributed by atoms with van der Waals surface area (Å²) < 4.78 is 5.16. The summed E-state index contributed by atoms with van der Waals surface area (Å²) in [6.07, 6.45) is 5.03. The summed E-state index contributed by atoms with van der Waals surface area (Å²) in [7, 11) is 3.53. The van der Waals surface area contributed by atoms with Gasteiger partial charge in [-0.05, 0) is 29.7 Å². The fourth-order valence-electron chi connectivity index (χ4n) is 2.63. The number of aromatic amines is 1. The summed E-state index contributed by atoms with van der Waals surface area (Å²) in [5.74, 6) is 1.40. The number of nitrogens with one attached hydrogen (secondary N) is 2. The van der Waals surface area contributed by atoms with Gasteiger partial charge in [-0.15, -0.1) is 0 Å². The number of pyridine rings is 1. The van der Waals surface area contributed by atoms with E-state index in [0.29, 0.717) is 11.5 Å². The van der Waals surface area contributed by atoms with Crippen molar-refractivity contribution >= 4 is 22.4 Å². The van der Waals surface area contributed by atoms with Crippen LogP contribution in [-0.2, 0) is 0 Å². The minimum absolute atomic E-state index is 0.564. The molecule has 1 aromatic carbocycles. The second-order valence-electron chi connectivity index (χ2n) is 5.55. The highest BCUT2D eigenvalue weighted by Gasteiger charge is 2.08. The highest BCUT2D eigenvalue weighted by molar-refractivity contribution is 5.77. The quantitative estimate of drug-likeness (QED) is 0.668. The number of imidazole rings is 1. The molecule has 0 saturated heterocycles. The third-order valence-corrected chi connectivity index (χ3v) is 4.02. The summed E-state index contributed by atoms with van der Waals surface area (Å²) >= 11 is 0. The van der Waals surface area contributed by atoms with Crippen molar-refractivity contribution in [1.82, 2.24) is 20.3 Å². The number of benzene rings is 1. The van der Waals surface area contributed by atoms with Crippen LogP contribution in [-0.4, -0.2) is 29.1 Å². The van der Waals surface area contributed by atoms with Gasteiger partial charge in [0.05, 0.1) is 12.6 Å². The number of rotatable bonds is 6. The molecule has 0 spiro atoms. The van der Waals surface area contributed by atoms with E-state index in [4.69, 9.17) is 4.74 Å². The smallest absolute Gasteiger partial charge is 0.215 e. The molecule has 0 aliphatic heterocycles. The first-order valence-electron chi connectivity index (χ1n) is 8.30. The Hall–Kier alpha value is -3.08. The van der Waals surface area contributed by atoms with Gasteiger partial charge in [0.25, 0.3) is 0 Å². The van der Waals surface area contributed by atoms with E-state index in [9.17, 15) is 0 Å². The number of allylic oxidation sites excluding steroid dienone is 3. The lowest BCUT2D eigenvalue weighted by Gasteiger charge is -2.06. The van der Waals surface area contributed by atoms with E-state index in [2.05, 4.69) is 51.5 Å². The van der Waals surface area contributed by atoms with Crippen LogP contribution in [0.2, 0.25) is 0 Å². The molecule has 3 rings (SSSR count). The van der Waals surface area contributed by atoms with Crippen LogP contribution in [0.5, 0.6) is 5.88 Å². The average molecular weight is 334 g/mol. The molecule has 0 fully saturated rings. The minimum atomic E-state index is 0.564. The summed E-state index contributed by atoms with van der Waals surface area (Å²) in [4.78, 5) is 12.3. The largest absolute Gasteiger partial charge is 0.481 e. The maximum Gasteiger partial charge on any atom is 0.215 e. The fraction of sp³-hybridized carbons (Fsp3) is 0.200. The number of hydrogen-bond acceptors (Lipinski definition) is 4. The zero-order chi connectivity index (χ0) is 17.6. The molecular weight excluding hydrogens is 312 g/mol. The number of aromatic nitrogens is 3. The lowest BCUT2D eigenvalue weighted by atomic mass is 10.1. The first-order chi connectivity index (χ1) is 12.2. The third-order valence-electron chi connectivity index (χ3n) is 4.02. The van der Waals surface area contributed by atoms with Crippen LogP contribution in [0.25, 0.3) is 22.4 Å². The summed E-state index contributed by atoms with van der Waals surface area (Å²) in [5.41, 5.74) is 4.88. The van der Waals surface area contributed by atoms with Crippen molar-refractivity contribution in [3.63, 3.8) is 0 Å². The number of hydrogen-bond donors (Lipinski definition) is 2. The average Bonchev–Trinajstić information content (AvgIpc) is 3.08. The van der Waals surface area contributed by atoms with Crippen molar-refractivity contribution in [2.45, 2.75) is 13.3 Å². The molecule has 2 aromatic heterocycles. The van der Waals surface area contributed by atoms with E-state index in [1.54, 1.807) is 7.11 Å². The Balaban J connectivity index is 1.96. The van der Waals surface area contributed by atoms with Gasteiger partial charge in [-0.1, -0.05) is 43.3 Å². The summed E-state index contributed by atoms with van der Waals surface area (Å²) in [6, 6.07) is 14.0. The van der Waals surface area contributed by atoms with Gasteiger partial charge < -0.3 is 15.0 Å². The maximum absolute atomic E-state index is 5.16. The number of H-pyrrole nitrogens is 1. The maximum atomic E-state index is 5.16. The predicted octanol–water partition coefficient (Wildman–Crippen LogP) is 4.02. The number of nitrogens with zero attached hydrogens (tertiary/aromatic N) is 2. The predicted molar refractivity (Wildman–Crippen MR) is 102 cm³/mol. The fourth-order valence-corrected chi connectivity index (χ4v) is 2.63. The molecule has 2 N–H and O–H groups in total. The Morgan fingerprint density at radius 3 is 2.60 bits per heavy atom. The van der Waals surface area contributed by atoms with Crippen LogP contribution in [0, 0.1) is 0 Å². The molecule has 128 valence electrons. The molecule has 25 heavy (non-hydrogen) atoms. The van der Waals surface area contributed by atoms with Gasteiger partial charge in [0.1, 0.15) is 5.82 Å². The third kappa shape index (κ3) is 3.71. The Kier molecular flexibility index (Phi) is 5.14. The van der Waals surface area contributed by atoms with Crippen molar-refractivity contribution in [2.75, 3.05) is 14.2 Å². The molecular formula is C20H22N4O. The van der Waals surface area contributed by atoms with Crippen LogP contribution in [0.15, 0.2) is 54.6 Å². The second-order valence-corrected chi connectivity index (χ2v) is 5.55. The minimum Gasteiger partial charge on any atom is -0.481 e. The highest BCUT2D eigenvalue weighted by atomic mass is 16.5. The summed E-state index contributed by atoms with van der Waals surface area (Å²) in [6.45, 7) is 2.11. The van der Waals surface area contributed by atoms with Crippen molar-refractivity contribution in [1.29, 1.82) is 0 Å². The van der Waals surface area contributed by atoms with E-state index >= 15 is 0 Å². The molecule has 0 unspecified atom stereocenters. The molecule has 0 saturated carbocycles. The number of fused-ring (bicyclic) bond motifs is 1. The normalized spacial score (nSPS) is 12.4. The van der Waals surface area contributed by atoms with Crippen molar-refractivity contribution < 1.29 is 4.74 Å². The van der Waals surface area contributed by atoms with E-state index in [1.165, 1.54) is 0 Å². The molecule has 0 aliphatic rings. The van der Waals surface area contributed by atoms with Crippen LogP contribution < -0.4 is 10.1 Å². The van der Waals surface area contributed by atoms with E-state index < -0.39 is 0 Å². The summed E-state index contributed by atoms with van der Waals surface area (Å²) in [5, 5.41) is 3.25. The Morgan fingerprint density at radius 2 is 1.92 bits per heavy atom. The number of ether oxygens (including phenoxy) is 1. The molecule has 5 nitrogen and oxygen atoms in total. The van der Waals surface area contributed by atoms with Crippen LogP contribution in [0.1, 0.15) is 24.7 Å². The van der Waals surface area contributed by atoms with Gasteiger partial charge in [-0.2, -0.15) is 4.98 Å². The lowest BCUT2D eigenvalue weighted by molar-refractivity contribution is 0.399. The van der Waals surface area contributed by atoms with Crippen molar-refractivity contribution in [2.24, 2.45) is 0 Å². The zero-order valence-electron chi connectivity index (χ0n) is 14.7. The van der Waals surface area contributed by atoms with Gasteiger partial charge in [0.2, 0.25) is 5.88 Å². The molecule has 5 heteroatoms. The van der Waals surface area contributed by atoms with E-state index in [0.717, 1.165) is 34.6 Å². The zero-order valence-corrected chi connectivity index (χ0v) is 14.7. The highest BCUT2D eigenvalue weighted by Crippen LogP contribution is 2.21. The van der Waals surface area contributed by atoms with Gasteiger partial charge in [-0.25, -0.2) is 4.98 Å². The number of methoxy groups -OCH3 is 1. The standard InChI is InChI=1S/C20H22N4O/c1-4-14(10-11-16(21-2)15-8-6-5-7-9-15)19-22-17-12-13-18(25-3)23-20(17)24-19/h5-13,21H,4H2,1-3H3,(H,22,23,24)/b14-10+,16-11-.